The number of rotatable bonds is 1. The standard InChI is InChI=1S/C12H16FN/c1-7-6-8(2)11(13)9(3)10(7)12(14)4-5-12/h6H,4-5,14H2,1-3H3. The van der Waals surface area contributed by atoms with Gasteiger partial charge in [0.15, 0.2) is 0 Å². The van der Waals surface area contributed by atoms with Crippen LogP contribution in [0.4, 0.5) is 4.39 Å². The molecule has 2 N–H and O–H groups in total. The fourth-order valence-electron chi connectivity index (χ4n) is 2.31. The normalized spacial score (nSPS) is 18.4. The molecule has 0 amide bonds. The van der Waals surface area contributed by atoms with Gasteiger partial charge in [-0.3, -0.25) is 0 Å². The first-order valence-corrected chi connectivity index (χ1v) is 5.01. The second-order valence-corrected chi connectivity index (χ2v) is 4.48. The Balaban J connectivity index is 2.65. The molecule has 0 heterocycles. The van der Waals surface area contributed by atoms with Gasteiger partial charge in [0.25, 0.3) is 0 Å². The SMILES string of the molecule is Cc1cc(C)c(C2(N)CC2)c(C)c1F. The van der Waals surface area contributed by atoms with Crippen molar-refractivity contribution < 1.29 is 4.39 Å². The highest BCUT2D eigenvalue weighted by molar-refractivity contribution is 5.45. The Morgan fingerprint density at radius 1 is 1.21 bits per heavy atom. The monoisotopic (exact) mass is 193 g/mol. The summed E-state index contributed by atoms with van der Waals surface area (Å²) in [7, 11) is 0. The van der Waals surface area contributed by atoms with E-state index in [1.54, 1.807) is 6.92 Å². The third-order valence-corrected chi connectivity index (χ3v) is 3.16. The highest BCUT2D eigenvalue weighted by Gasteiger charge is 2.42. The van der Waals surface area contributed by atoms with E-state index in [1.165, 1.54) is 0 Å². The second-order valence-electron chi connectivity index (χ2n) is 4.48. The zero-order chi connectivity index (χ0) is 10.5. The molecule has 0 bridgehead atoms. The van der Waals surface area contributed by atoms with Crippen LogP contribution >= 0.6 is 0 Å². The second kappa shape index (κ2) is 2.80. The maximum absolute atomic E-state index is 13.7. The molecular formula is C12H16FN. The molecule has 1 nitrogen and oxygen atoms in total. The summed E-state index contributed by atoms with van der Waals surface area (Å²) in [5.74, 6) is -0.0951. The largest absolute Gasteiger partial charge is 0.321 e. The quantitative estimate of drug-likeness (QED) is 0.729. The molecule has 0 aromatic heterocycles. The summed E-state index contributed by atoms with van der Waals surface area (Å²) < 4.78 is 13.7. The number of nitrogens with two attached hydrogens (primary N) is 1. The van der Waals surface area contributed by atoms with Crippen molar-refractivity contribution in [3.05, 3.63) is 34.1 Å². The van der Waals surface area contributed by atoms with Crippen LogP contribution < -0.4 is 5.73 Å². The lowest BCUT2D eigenvalue weighted by Crippen LogP contribution is -2.22. The first-order valence-electron chi connectivity index (χ1n) is 5.01. The third-order valence-electron chi connectivity index (χ3n) is 3.16. The van der Waals surface area contributed by atoms with Crippen LogP contribution in [0, 0.1) is 26.6 Å². The maximum Gasteiger partial charge on any atom is 0.129 e. The van der Waals surface area contributed by atoms with Crippen LogP contribution in [0.15, 0.2) is 6.07 Å². The van der Waals surface area contributed by atoms with E-state index in [-0.39, 0.29) is 11.4 Å². The lowest BCUT2D eigenvalue weighted by Gasteiger charge is -2.18. The highest BCUT2D eigenvalue weighted by atomic mass is 19.1. The van der Waals surface area contributed by atoms with Crippen molar-refractivity contribution in [1.29, 1.82) is 0 Å². The molecule has 2 rings (SSSR count). The molecule has 0 aliphatic heterocycles. The van der Waals surface area contributed by atoms with Crippen LogP contribution in [0.2, 0.25) is 0 Å². The lowest BCUT2D eigenvalue weighted by atomic mass is 9.92. The van der Waals surface area contributed by atoms with Gasteiger partial charge in [-0.1, -0.05) is 6.07 Å². The summed E-state index contributed by atoms with van der Waals surface area (Å²) in [6, 6.07) is 1.89. The van der Waals surface area contributed by atoms with Crippen molar-refractivity contribution in [3.63, 3.8) is 0 Å². The van der Waals surface area contributed by atoms with Crippen LogP contribution in [-0.2, 0) is 5.54 Å². The molecule has 0 atom stereocenters. The van der Waals surface area contributed by atoms with Crippen LogP contribution in [-0.4, -0.2) is 0 Å². The summed E-state index contributed by atoms with van der Waals surface area (Å²) in [6.45, 7) is 5.65. The van der Waals surface area contributed by atoms with E-state index in [0.717, 1.165) is 29.5 Å². The van der Waals surface area contributed by atoms with Crippen LogP contribution in [0.25, 0.3) is 0 Å². The van der Waals surface area contributed by atoms with Crippen molar-refractivity contribution >= 4 is 0 Å². The summed E-state index contributed by atoms with van der Waals surface area (Å²) in [6.07, 6.45) is 1.97. The minimum Gasteiger partial charge on any atom is -0.321 e. The van der Waals surface area contributed by atoms with Gasteiger partial charge in [-0.25, -0.2) is 4.39 Å². The Bertz CT molecular complexity index is 392. The maximum atomic E-state index is 13.7. The molecule has 1 aliphatic carbocycles. The summed E-state index contributed by atoms with van der Waals surface area (Å²) in [5, 5.41) is 0. The molecule has 1 aliphatic rings. The zero-order valence-electron chi connectivity index (χ0n) is 8.95. The van der Waals surface area contributed by atoms with E-state index in [9.17, 15) is 4.39 Å². The Hall–Kier alpha value is -0.890. The van der Waals surface area contributed by atoms with E-state index in [2.05, 4.69) is 0 Å². The number of halogens is 1. The number of benzene rings is 1. The van der Waals surface area contributed by atoms with Gasteiger partial charge in [0.05, 0.1) is 0 Å². The van der Waals surface area contributed by atoms with E-state index in [4.69, 9.17) is 5.73 Å². The average Bonchev–Trinajstić information content (AvgIpc) is 2.80. The fraction of sp³-hybridized carbons (Fsp3) is 0.500. The van der Waals surface area contributed by atoms with E-state index in [1.807, 2.05) is 19.9 Å². The first-order chi connectivity index (χ1) is 6.46. The van der Waals surface area contributed by atoms with Crippen LogP contribution in [0.5, 0.6) is 0 Å². The molecule has 14 heavy (non-hydrogen) atoms. The highest BCUT2D eigenvalue weighted by Crippen LogP contribution is 2.46. The minimum atomic E-state index is -0.233. The molecule has 0 saturated heterocycles. The van der Waals surface area contributed by atoms with Crippen molar-refractivity contribution in [3.8, 4) is 0 Å². The van der Waals surface area contributed by atoms with E-state index >= 15 is 0 Å². The molecule has 1 aromatic rings. The number of aryl methyl sites for hydroxylation is 2. The average molecular weight is 193 g/mol. The molecule has 76 valence electrons. The Morgan fingerprint density at radius 2 is 1.79 bits per heavy atom. The van der Waals surface area contributed by atoms with Gasteiger partial charge in [-0.15, -0.1) is 0 Å². The van der Waals surface area contributed by atoms with Gasteiger partial charge >= 0.3 is 0 Å². The Morgan fingerprint density at radius 3 is 2.29 bits per heavy atom. The van der Waals surface area contributed by atoms with Crippen molar-refractivity contribution in [2.75, 3.05) is 0 Å². The Kier molecular flexibility index (Phi) is 1.93. The van der Waals surface area contributed by atoms with Gasteiger partial charge < -0.3 is 5.73 Å². The first kappa shape index (κ1) is 9.66. The molecular weight excluding hydrogens is 177 g/mol. The Labute approximate surface area is 84.1 Å². The molecule has 0 unspecified atom stereocenters. The predicted molar refractivity (Wildman–Crippen MR) is 55.7 cm³/mol. The van der Waals surface area contributed by atoms with Crippen molar-refractivity contribution in [2.45, 2.75) is 39.2 Å². The van der Waals surface area contributed by atoms with Gasteiger partial charge in [-0.05, 0) is 55.9 Å². The number of hydrogen-bond donors (Lipinski definition) is 1. The molecule has 1 aromatic carbocycles. The van der Waals surface area contributed by atoms with Crippen molar-refractivity contribution in [1.82, 2.24) is 0 Å². The predicted octanol–water partition coefficient (Wildman–Crippen LogP) is 2.70. The summed E-state index contributed by atoms with van der Waals surface area (Å²) in [4.78, 5) is 0. The summed E-state index contributed by atoms with van der Waals surface area (Å²) in [5.41, 5.74) is 9.50. The smallest absolute Gasteiger partial charge is 0.129 e. The van der Waals surface area contributed by atoms with E-state index in [0.29, 0.717) is 5.56 Å². The topological polar surface area (TPSA) is 26.0 Å². The van der Waals surface area contributed by atoms with E-state index < -0.39 is 0 Å². The molecule has 0 spiro atoms. The fourth-order valence-corrected chi connectivity index (χ4v) is 2.31. The lowest BCUT2D eigenvalue weighted by molar-refractivity contribution is 0.596. The zero-order valence-corrected chi connectivity index (χ0v) is 8.95. The molecule has 0 radical (unpaired) electrons. The number of hydrogen-bond acceptors (Lipinski definition) is 1. The van der Waals surface area contributed by atoms with Gasteiger partial charge in [-0.2, -0.15) is 0 Å². The summed E-state index contributed by atoms with van der Waals surface area (Å²) >= 11 is 0. The molecule has 2 heteroatoms. The van der Waals surface area contributed by atoms with Gasteiger partial charge in [0, 0.05) is 5.54 Å². The van der Waals surface area contributed by atoms with Crippen LogP contribution in [0.1, 0.15) is 35.1 Å². The van der Waals surface area contributed by atoms with Crippen molar-refractivity contribution in [2.24, 2.45) is 5.73 Å². The van der Waals surface area contributed by atoms with Crippen LogP contribution in [0.3, 0.4) is 0 Å². The minimum absolute atomic E-state index is 0.0951. The third kappa shape index (κ3) is 1.25. The van der Waals surface area contributed by atoms with Gasteiger partial charge in [0.2, 0.25) is 0 Å². The molecule has 1 fully saturated rings. The van der Waals surface area contributed by atoms with Gasteiger partial charge in [0.1, 0.15) is 5.82 Å². The molecule has 1 saturated carbocycles.